The summed E-state index contributed by atoms with van der Waals surface area (Å²) in [6, 6.07) is 7.98. The predicted molar refractivity (Wildman–Crippen MR) is 65.5 cm³/mol. The molecule has 0 aromatic heterocycles. The Bertz CT molecular complexity index is 569. The van der Waals surface area contributed by atoms with E-state index in [2.05, 4.69) is 0 Å². The minimum Gasteiger partial charge on any atom is -0.480 e. The SMILES string of the molecule is CCC(C(=O)O)S(=O)(=O)Cc1ccc(C#N)cc1. The Labute approximate surface area is 106 Å². The van der Waals surface area contributed by atoms with Gasteiger partial charge >= 0.3 is 5.97 Å². The number of aliphatic carboxylic acids is 1. The van der Waals surface area contributed by atoms with Gasteiger partial charge in [-0.3, -0.25) is 4.79 Å². The lowest BCUT2D eigenvalue weighted by Crippen LogP contribution is -2.30. The minimum atomic E-state index is -3.73. The second kappa shape index (κ2) is 5.65. The van der Waals surface area contributed by atoms with E-state index in [-0.39, 0.29) is 12.2 Å². The van der Waals surface area contributed by atoms with Crippen molar-refractivity contribution in [1.82, 2.24) is 0 Å². The van der Waals surface area contributed by atoms with Crippen LogP contribution in [0, 0.1) is 11.3 Å². The summed E-state index contributed by atoms with van der Waals surface area (Å²) in [5.74, 6) is -1.66. The maximum atomic E-state index is 11.9. The standard InChI is InChI=1S/C12H13NO4S/c1-2-11(12(14)15)18(16,17)8-10-5-3-9(7-13)4-6-10/h3-6,11H,2,8H2,1H3,(H,14,15). The van der Waals surface area contributed by atoms with Crippen LogP contribution in [0.3, 0.4) is 0 Å². The molecule has 0 fully saturated rings. The first kappa shape index (κ1) is 14.2. The third-order valence-corrected chi connectivity index (χ3v) is 4.67. The largest absolute Gasteiger partial charge is 0.480 e. The Morgan fingerprint density at radius 2 is 1.94 bits per heavy atom. The maximum absolute atomic E-state index is 11.9. The fraction of sp³-hybridized carbons (Fsp3) is 0.333. The molecule has 0 saturated heterocycles. The molecule has 1 N–H and O–H groups in total. The average Bonchev–Trinajstić information content (AvgIpc) is 2.29. The van der Waals surface area contributed by atoms with Gasteiger partial charge in [0.2, 0.25) is 0 Å². The van der Waals surface area contributed by atoms with Crippen molar-refractivity contribution in [1.29, 1.82) is 5.26 Å². The second-order valence-electron chi connectivity index (χ2n) is 3.85. The van der Waals surface area contributed by atoms with E-state index in [1.165, 1.54) is 31.2 Å². The molecule has 1 atom stereocenters. The van der Waals surface area contributed by atoms with E-state index in [4.69, 9.17) is 10.4 Å². The van der Waals surface area contributed by atoms with Crippen LogP contribution in [0.1, 0.15) is 24.5 Å². The van der Waals surface area contributed by atoms with Crippen LogP contribution in [0.4, 0.5) is 0 Å². The average molecular weight is 267 g/mol. The number of hydrogen-bond acceptors (Lipinski definition) is 4. The molecule has 0 amide bonds. The van der Waals surface area contributed by atoms with Crippen LogP contribution in [0.15, 0.2) is 24.3 Å². The topological polar surface area (TPSA) is 95.2 Å². The number of rotatable bonds is 5. The van der Waals surface area contributed by atoms with Gasteiger partial charge in [0.05, 0.1) is 17.4 Å². The number of carbonyl (C=O) groups is 1. The Balaban J connectivity index is 2.95. The lowest BCUT2D eigenvalue weighted by atomic mass is 10.2. The van der Waals surface area contributed by atoms with E-state index in [0.717, 1.165) is 0 Å². The zero-order chi connectivity index (χ0) is 13.8. The number of carboxylic acid groups (broad SMARTS) is 1. The van der Waals surface area contributed by atoms with Gasteiger partial charge < -0.3 is 5.11 Å². The zero-order valence-electron chi connectivity index (χ0n) is 9.83. The number of hydrogen-bond donors (Lipinski definition) is 1. The molecule has 18 heavy (non-hydrogen) atoms. The van der Waals surface area contributed by atoms with Crippen molar-refractivity contribution >= 4 is 15.8 Å². The van der Waals surface area contributed by atoms with E-state index in [1.807, 2.05) is 6.07 Å². The van der Waals surface area contributed by atoms with Crippen LogP contribution in [0.2, 0.25) is 0 Å². The van der Waals surface area contributed by atoms with Crippen LogP contribution in [0.5, 0.6) is 0 Å². The fourth-order valence-electron chi connectivity index (χ4n) is 1.59. The van der Waals surface area contributed by atoms with E-state index in [0.29, 0.717) is 11.1 Å². The first-order chi connectivity index (χ1) is 8.40. The van der Waals surface area contributed by atoms with Crippen molar-refractivity contribution < 1.29 is 18.3 Å². The van der Waals surface area contributed by atoms with Gasteiger partial charge in [-0.05, 0) is 24.1 Å². The van der Waals surface area contributed by atoms with Gasteiger partial charge in [0.1, 0.15) is 0 Å². The maximum Gasteiger partial charge on any atom is 0.321 e. The van der Waals surface area contributed by atoms with Crippen molar-refractivity contribution in [2.24, 2.45) is 0 Å². The smallest absolute Gasteiger partial charge is 0.321 e. The van der Waals surface area contributed by atoms with Gasteiger partial charge in [-0.25, -0.2) is 8.42 Å². The molecule has 1 rings (SSSR count). The lowest BCUT2D eigenvalue weighted by Gasteiger charge is -2.11. The van der Waals surface area contributed by atoms with Crippen molar-refractivity contribution in [2.45, 2.75) is 24.3 Å². The number of benzene rings is 1. The third-order valence-electron chi connectivity index (χ3n) is 2.53. The summed E-state index contributed by atoms with van der Waals surface area (Å²) in [5, 5.41) is 16.1. The molecule has 5 nitrogen and oxygen atoms in total. The Kier molecular flexibility index (Phi) is 4.45. The normalized spacial score (nSPS) is 12.7. The lowest BCUT2D eigenvalue weighted by molar-refractivity contribution is -0.136. The summed E-state index contributed by atoms with van der Waals surface area (Å²) in [4.78, 5) is 10.8. The Morgan fingerprint density at radius 3 is 2.33 bits per heavy atom. The summed E-state index contributed by atoms with van der Waals surface area (Å²) in [7, 11) is -3.73. The predicted octanol–water partition coefficient (Wildman–Crippen LogP) is 1.34. The number of nitriles is 1. The minimum absolute atomic E-state index is 0.0357. The van der Waals surface area contributed by atoms with E-state index >= 15 is 0 Å². The second-order valence-corrected chi connectivity index (χ2v) is 6.03. The van der Waals surface area contributed by atoms with Gasteiger partial charge in [0.15, 0.2) is 15.1 Å². The van der Waals surface area contributed by atoms with Crippen LogP contribution in [-0.4, -0.2) is 24.7 Å². The van der Waals surface area contributed by atoms with Crippen molar-refractivity contribution in [3.05, 3.63) is 35.4 Å². The van der Waals surface area contributed by atoms with Crippen molar-refractivity contribution in [2.75, 3.05) is 0 Å². The summed E-state index contributed by atoms with van der Waals surface area (Å²) in [6.45, 7) is 1.52. The van der Waals surface area contributed by atoms with Crippen LogP contribution in [-0.2, 0) is 20.4 Å². The quantitative estimate of drug-likeness (QED) is 0.868. The molecular weight excluding hydrogens is 254 g/mol. The molecule has 0 aliphatic heterocycles. The molecule has 1 unspecified atom stereocenters. The summed E-state index contributed by atoms with van der Waals surface area (Å²) < 4.78 is 23.8. The number of sulfone groups is 1. The first-order valence-electron chi connectivity index (χ1n) is 5.34. The van der Waals surface area contributed by atoms with Crippen molar-refractivity contribution in [3.8, 4) is 6.07 Å². The summed E-state index contributed by atoms with van der Waals surface area (Å²) in [5.41, 5.74) is 0.912. The van der Waals surface area contributed by atoms with Gasteiger partial charge in [0, 0.05) is 0 Å². The summed E-state index contributed by atoms with van der Waals surface area (Å²) in [6.07, 6.45) is 0.0357. The molecular formula is C12H13NO4S. The molecule has 0 bridgehead atoms. The highest BCUT2D eigenvalue weighted by Gasteiger charge is 2.30. The van der Waals surface area contributed by atoms with Crippen LogP contribution >= 0.6 is 0 Å². The van der Waals surface area contributed by atoms with Crippen LogP contribution < -0.4 is 0 Å². The molecule has 96 valence electrons. The van der Waals surface area contributed by atoms with Gasteiger partial charge in [-0.15, -0.1) is 0 Å². The van der Waals surface area contributed by atoms with Crippen molar-refractivity contribution in [3.63, 3.8) is 0 Å². The Hall–Kier alpha value is -1.87. The molecule has 0 aliphatic carbocycles. The summed E-state index contributed by atoms with van der Waals surface area (Å²) >= 11 is 0. The van der Waals surface area contributed by atoms with Crippen LogP contribution in [0.25, 0.3) is 0 Å². The zero-order valence-corrected chi connectivity index (χ0v) is 10.6. The molecule has 1 aromatic rings. The first-order valence-corrected chi connectivity index (χ1v) is 7.05. The molecule has 6 heteroatoms. The third kappa shape index (κ3) is 3.31. The van der Waals surface area contributed by atoms with E-state index in [1.54, 1.807) is 0 Å². The molecule has 0 heterocycles. The van der Waals surface area contributed by atoms with E-state index in [9.17, 15) is 13.2 Å². The highest BCUT2D eigenvalue weighted by Crippen LogP contribution is 2.15. The molecule has 0 radical (unpaired) electrons. The number of nitrogens with zero attached hydrogens (tertiary/aromatic N) is 1. The Morgan fingerprint density at radius 1 is 1.39 bits per heavy atom. The monoisotopic (exact) mass is 267 g/mol. The highest BCUT2D eigenvalue weighted by molar-refractivity contribution is 7.92. The van der Waals surface area contributed by atoms with Gasteiger partial charge in [-0.1, -0.05) is 19.1 Å². The number of carboxylic acids is 1. The highest BCUT2D eigenvalue weighted by atomic mass is 32.2. The molecule has 1 aromatic carbocycles. The van der Waals surface area contributed by atoms with E-state index < -0.39 is 21.1 Å². The van der Waals surface area contributed by atoms with Gasteiger partial charge in [-0.2, -0.15) is 5.26 Å². The molecule has 0 spiro atoms. The molecule has 0 aliphatic rings. The fourth-order valence-corrected chi connectivity index (χ4v) is 3.26. The molecule has 0 saturated carbocycles. The van der Waals surface area contributed by atoms with Gasteiger partial charge in [0.25, 0.3) is 0 Å².